The molecule has 1 aromatic carbocycles. The van der Waals surface area contributed by atoms with E-state index in [1.165, 1.54) is 6.20 Å². The molecule has 0 bridgehead atoms. The third-order valence-electron chi connectivity index (χ3n) is 1.58. The number of H-pyrrole nitrogens is 1. The van der Waals surface area contributed by atoms with Gasteiger partial charge < -0.3 is 16.0 Å². The summed E-state index contributed by atoms with van der Waals surface area (Å²) in [5, 5.41) is 2.52. The molecule has 0 aliphatic heterocycles. The van der Waals surface area contributed by atoms with Gasteiger partial charge in [-0.1, -0.05) is 18.1 Å². The third-order valence-corrected chi connectivity index (χ3v) is 1.58. The Hall–Kier alpha value is -1.97. The highest BCUT2D eigenvalue weighted by Crippen LogP contribution is 2.21. The number of nitrogens with one attached hydrogen (secondary N) is 2. The lowest BCUT2D eigenvalue weighted by Crippen LogP contribution is -2.18. The van der Waals surface area contributed by atoms with Crippen LogP contribution in [0.3, 0.4) is 0 Å². The Balaban J connectivity index is 2.80. The first kappa shape index (κ1) is 4.32. The average Bonchev–Trinajstić information content (AvgIpc) is 2.66. The minimum atomic E-state index is -0.793. The minimum absolute atomic E-state index is 0.182. The SMILES string of the molecule is [2H]c1c([2H])c([2H])c2c(NC(N)=O)c[nH]c2c1[2H]. The number of amides is 2. The van der Waals surface area contributed by atoms with Gasteiger partial charge in [0.05, 0.1) is 11.2 Å². The van der Waals surface area contributed by atoms with E-state index in [0.717, 1.165) is 0 Å². The van der Waals surface area contributed by atoms with Crippen molar-refractivity contribution in [3.63, 3.8) is 0 Å². The zero-order chi connectivity index (χ0) is 12.7. The van der Waals surface area contributed by atoms with Gasteiger partial charge in [0.25, 0.3) is 0 Å². The molecule has 2 amide bonds. The van der Waals surface area contributed by atoms with E-state index >= 15 is 0 Å². The molecule has 2 aromatic rings. The first-order valence-corrected chi connectivity index (χ1v) is 3.57. The van der Waals surface area contributed by atoms with Gasteiger partial charge in [0.1, 0.15) is 0 Å². The molecule has 4 nitrogen and oxygen atoms in total. The molecule has 0 fully saturated rings. The van der Waals surface area contributed by atoms with Gasteiger partial charge in [0.2, 0.25) is 0 Å². The second kappa shape index (κ2) is 2.82. The van der Waals surface area contributed by atoms with Crippen molar-refractivity contribution in [1.82, 2.24) is 4.98 Å². The molecule has 66 valence electrons. The molecule has 0 saturated carbocycles. The van der Waals surface area contributed by atoms with Crippen molar-refractivity contribution >= 4 is 22.6 Å². The summed E-state index contributed by atoms with van der Waals surface area (Å²) < 4.78 is 30.4. The van der Waals surface area contributed by atoms with Gasteiger partial charge in [-0.25, -0.2) is 4.79 Å². The van der Waals surface area contributed by atoms with Crippen LogP contribution in [0.1, 0.15) is 5.48 Å². The van der Waals surface area contributed by atoms with Crippen LogP contribution in [0.25, 0.3) is 10.9 Å². The number of aromatic amines is 1. The second-order valence-corrected chi connectivity index (χ2v) is 2.44. The van der Waals surface area contributed by atoms with Crippen molar-refractivity contribution in [3.8, 4) is 0 Å². The second-order valence-electron chi connectivity index (χ2n) is 2.44. The van der Waals surface area contributed by atoms with Crippen LogP contribution in [0.2, 0.25) is 0 Å². The van der Waals surface area contributed by atoms with Crippen LogP contribution in [0.15, 0.2) is 30.4 Å². The zero-order valence-corrected chi connectivity index (χ0v) is 6.56. The first-order valence-electron chi connectivity index (χ1n) is 5.57. The van der Waals surface area contributed by atoms with Gasteiger partial charge in [-0.05, 0) is 6.04 Å². The Morgan fingerprint density at radius 1 is 1.54 bits per heavy atom. The van der Waals surface area contributed by atoms with Crippen LogP contribution in [0, 0.1) is 0 Å². The molecule has 0 aliphatic rings. The van der Waals surface area contributed by atoms with Gasteiger partial charge >= 0.3 is 6.03 Å². The summed E-state index contributed by atoms with van der Waals surface area (Å²) in [6.45, 7) is 0. The maximum Gasteiger partial charge on any atom is 0.316 e. The Labute approximate surface area is 80.4 Å². The Morgan fingerprint density at radius 3 is 3.08 bits per heavy atom. The highest BCUT2D eigenvalue weighted by Gasteiger charge is 2.02. The van der Waals surface area contributed by atoms with Crippen molar-refractivity contribution in [3.05, 3.63) is 30.4 Å². The largest absolute Gasteiger partial charge is 0.359 e. The molecule has 0 saturated heterocycles. The summed E-state index contributed by atoms with van der Waals surface area (Å²) in [6.07, 6.45) is 1.38. The molecule has 0 aliphatic carbocycles. The number of nitrogens with two attached hydrogens (primary N) is 1. The molecule has 4 N–H and O–H groups in total. The summed E-state index contributed by atoms with van der Waals surface area (Å²) in [4.78, 5) is 13.5. The smallest absolute Gasteiger partial charge is 0.316 e. The summed E-state index contributed by atoms with van der Waals surface area (Å²) >= 11 is 0. The number of primary amides is 1. The predicted octanol–water partition coefficient (Wildman–Crippen LogP) is 1.66. The maximum atomic E-state index is 10.8. The number of aromatic nitrogens is 1. The molecule has 4 heteroatoms. The number of rotatable bonds is 1. The number of benzene rings is 1. The predicted molar refractivity (Wildman–Crippen MR) is 51.5 cm³/mol. The number of carbonyl (C=O) groups is 1. The third kappa shape index (κ3) is 1.33. The maximum absolute atomic E-state index is 10.8. The molecule has 1 aromatic heterocycles. The van der Waals surface area contributed by atoms with Gasteiger partial charge in [-0.2, -0.15) is 0 Å². The van der Waals surface area contributed by atoms with Crippen molar-refractivity contribution < 1.29 is 10.3 Å². The number of hydrogen-bond donors (Lipinski definition) is 3. The number of anilines is 1. The van der Waals surface area contributed by atoms with Crippen LogP contribution in [-0.2, 0) is 0 Å². The van der Waals surface area contributed by atoms with E-state index < -0.39 is 6.03 Å². The van der Waals surface area contributed by atoms with E-state index in [0.29, 0.717) is 0 Å². The van der Waals surface area contributed by atoms with Crippen molar-refractivity contribution in [2.24, 2.45) is 5.73 Å². The number of para-hydroxylation sites is 1. The fourth-order valence-electron chi connectivity index (χ4n) is 1.07. The summed E-state index contributed by atoms with van der Waals surface area (Å²) in [5.41, 5.74) is 5.45. The normalized spacial score (nSPS) is 14.5. The summed E-state index contributed by atoms with van der Waals surface area (Å²) in [6, 6.07) is -1.87. The van der Waals surface area contributed by atoms with Gasteiger partial charge in [0, 0.05) is 17.1 Å². The Morgan fingerprint density at radius 2 is 2.31 bits per heavy atom. The van der Waals surface area contributed by atoms with Crippen LogP contribution >= 0.6 is 0 Å². The fraction of sp³-hybridized carbons (Fsp3) is 0. The number of hydrogen-bond acceptors (Lipinski definition) is 1. The van der Waals surface area contributed by atoms with E-state index in [9.17, 15) is 4.79 Å². The standard InChI is InChI=1S/C9H9N3O/c10-9(13)12-8-5-11-7-4-2-1-3-6(7)8/h1-5,11H,(H3,10,12,13)/i1D,2D,3D,4D. The number of carbonyl (C=O) groups excluding carboxylic acids is 1. The Kier molecular flexibility index (Phi) is 0.937. The van der Waals surface area contributed by atoms with E-state index in [2.05, 4.69) is 10.3 Å². The lowest BCUT2D eigenvalue weighted by atomic mass is 10.2. The van der Waals surface area contributed by atoms with Crippen LogP contribution in [-0.4, -0.2) is 11.0 Å². The molecule has 0 radical (unpaired) electrons. The molecule has 0 unspecified atom stereocenters. The molecule has 0 atom stereocenters. The molecular weight excluding hydrogens is 166 g/mol. The van der Waals surface area contributed by atoms with Crippen LogP contribution in [0.5, 0.6) is 0 Å². The zero-order valence-electron chi connectivity index (χ0n) is 10.6. The molecule has 0 spiro atoms. The lowest BCUT2D eigenvalue weighted by molar-refractivity contribution is 0.259. The highest BCUT2D eigenvalue weighted by molar-refractivity contribution is 6.00. The van der Waals surface area contributed by atoms with Crippen LogP contribution in [0.4, 0.5) is 10.5 Å². The van der Waals surface area contributed by atoms with Gasteiger partial charge in [-0.3, -0.25) is 0 Å². The van der Waals surface area contributed by atoms with Crippen molar-refractivity contribution in [1.29, 1.82) is 0 Å². The molecule has 2 rings (SSSR count). The van der Waals surface area contributed by atoms with Crippen molar-refractivity contribution in [2.45, 2.75) is 0 Å². The number of urea groups is 1. The van der Waals surface area contributed by atoms with Crippen LogP contribution < -0.4 is 11.1 Å². The van der Waals surface area contributed by atoms with E-state index in [4.69, 9.17) is 11.2 Å². The molecule has 1 heterocycles. The van der Waals surface area contributed by atoms with Crippen molar-refractivity contribution in [2.75, 3.05) is 5.32 Å². The average molecular weight is 179 g/mol. The minimum Gasteiger partial charge on any atom is -0.359 e. The monoisotopic (exact) mass is 179 g/mol. The Bertz CT molecular complexity index is 622. The topological polar surface area (TPSA) is 70.9 Å². The highest BCUT2D eigenvalue weighted by atomic mass is 16.2. The number of fused-ring (bicyclic) bond motifs is 1. The molecule has 13 heavy (non-hydrogen) atoms. The summed E-state index contributed by atoms with van der Waals surface area (Å²) in [7, 11) is 0. The van der Waals surface area contributed by atoms with E-state index in [1.807, 2.05) is 0 Å². The van der Waals surface area contributed by atoms with Gasteiger partial charge in [-0.15, -0.1) is 0 Å². The quantitative estimate of drug-likeness (QED) is 0.612. The lowest BCUT2D eigenvalue weighted by Gasteiger charge is -1.97. The first-order chi connectivity index (χ1) is 7.93. The summed E-state index contributed by atoms with van der Waals surface area (Å²) in [5.74, 6) is 0. The van der Waals surface area contributed by atoms with E-state index in [1.54, 1.807) is 0 Å². The van der Waals surface area contributed by atoms with E-state index in [-0.39, 0.29) is 40.8 Å². The fourth-order valence-corrected chi connectivity index (χ4v) is 1.07. The van der Waals surface area contributed by atoms with Gasteiger partial charge in [0.15, 0.2) is 0 Å². The molecular formula is C9H9N3O.